The first kappa shape index (κ1) is 25.0. The molecule has 1 aliphatic rings. The SMILES string of the molecule is Cc1ccc(C(=O)N2CC(CN)C(C)CC2c2nc3c(oc4ccccc43)c(=O)n2Cc2ccccc2)cn1. The minimum absolute atomic E-state index is 0.136. The van der Waals surface area contributed by atoms with E-state index in [0.29, 0.717) is 48.5 Å². The van der Waals surface area contributed by atoms with Crippen LogP contribution in [0.5, 0.6) is 0 Å². The number of nitrogens with zero attached hydrogens (tertiary/aromatic N) is 4. The molecule has 8 heteroatoms. The van der Waals surface area contributed by atoms with Crippen LogP contribution in [0.15, 0.2) is 82.1 Å². The average Bonchev–Trinajstić information content (AvgIpc) is 3.34. The number of furan rings is 1. The summed E-state index contributed by atoms with van der Waals surface area (Å²) in [6.45, 7) is 5.31. The number of piperidine rings is 1. The van der Waals surface area contributed by atoms with E-state index in [0.717, 1.165) is 16.6 Å². The maximum absolute atomic E-state index is 14.0. The number of carbonyl (C=O) groups excluding carboxylic acids is 1. The highest BCUT2D eigenvalue weighted by Gasteiger charge is 2.39. The first-order chi connectivity index (χ1) is 18.9. The molecule has 0 radical (unpaired) electrons. The summed E-state index contributed by atoms with van der Waals surface area (Å²) in [5.74, 6) is 0.782. The highest BCUT2D eigenvalue weighted by atomic mass is 16.3. The van der Waals surface area contributed by atoms with Crippen LogP contribution >= 0.6 is 0 Å². The molecule has 0 spiro atoms. The van der Waals surface area contributed by atoms with Crippen molar-refractivity contribution >= 4 is 28.0 Å². The first-order valence-electron chi connectivity index (χ1n) is 13.3. The zero-order chi connectivity index (χ0) is 27.1. The van der Waals surface area contributed by atoms with Gasteiger partial charge in [-0.2, -0.15) is 0 Å². The molecule has 0 aliphatic carbocycles. The molecule has 2 aromatic carbocycles. The van der Waals surface area contributed by atoms with Crippen LogP contribution in [0.3, 0.4) is 0 Å². The van der Waals surface area contributed by atoms with Crippen molar-refractivity contribution in [2.75, 3.05) is 13.1 Å². The number of rotatable bonds is 5. The minimum Gasteiger partial charge on any atom is -0.448 e. The molecule has 3 unspecified atom stereocenters. The molecule has 2 N–H and O–H groups in total. The van der Waals surface area contributed by atoms with Gasteiger partial charge in [-0.05, 0) is 61.6 Å². The second-order valence-corrected chi connectivity index (χ2v) is 10.5. The summed E-state index contributed by atoms with van der Waals surface area (Å²) < 4.78 is 7.69. The Morgan fingerprint density at radius 1 is 1.08 bits per heavy atom. The van der Waals surface area contributed by atoms with Crippen LogP contribution in [-0.4, -0.2) is 38.4 Å². The summed E-state index contributed by atoms with van der Waals surface area (Å²) in [5, 5.41) is 0.780. The number of carbonyl (C=O) groups is 1. The van der Waals surface area contributed by atoms with Crippen LogP contribution in [0.2, 0.25) is 0 Å². The van der Waals surface area contributed by atoms with Crippen LogP contribution in [0, 0.1) is 18.8 Å². The molecule has 6 rings (SSSR count). The number of aromatic nitrogens is 3. The Balaban J connectivity index is 1.56. The van der Waals surface area contributed by atoms with Crippen LogP contribution in [0.1, 0.15) is 46.8 Å². The molecule has 1 saturated heterocycles. The zero-order valence-corrected chi connectivity index (χ0v) is 22.1. The lowest BCUT2D eigenvalue weighted by molar-refractivity contribution is 0.0401. The summed E-state index contributed by atoms with van der Waals surface area (Å²) in [6.07, 6.45) is 2.25. The van der Waals surface area contributed by atoms with E-state index in [1.54, 1.807) is 16.8 Å². The van der Waals surface area contributed by atoms with Gasteiger partial charge in [0.2, 0.25) is 5.58 Å². The summed E-state index contributed by atoms with van der Waals surface area (Å²) in [4.78, 5) is 39.3. The Kier molecular flexibility index (Phi) is 6.48. The zero-order valence-electron chi connectivity index (χ0n) is 22.1. The number of para-hydroxylation sites is 1. The Labute approximate surface area is 226 Å². The predicted molar refractivity (Wildman–Crippen MR) is 150 cm³/mol. The summed E-state index contributed by atoms with van der Waals surface area (Å²) in [5.41, 5.74) is 9.54. The minimum atomic E-state index is -0.425. The lowest BCUT2D eigenvalue weighted by atomic mass is 9.82. The monoisotopic (exact) mass is 521 g/mol. The number of hydrogen-bond donors (Lipinski definition) is 1. The molecule has 0 bridgehead atoms. The number of fused-ring (bicyclic) bond motifs is 3. The Bertz CT molecular complexity index is 1710. The van der Waals surface area contributed by atoms with E-state index in [1.165, 1.54) is 0 Å². The molecule has 1 aliphatic heterocycles. The van der Waals surface area contributed by atoms with Crippen LogP contribution in [0.4, 0.5) is 0 Å². The van der Waals surface area contributed by atoms with E-state index >= 15 is 0 Å². The first-order valence-corrected chi connectivity index (χ1v) is 13.3. The quantitative estimate of drug-likeness (QED) is 0.360. The van der Waals surface area contributed by atoms with Crippen molar-refractivity contribution in [1.29, 1.82) is 0 Å². The van der Waals surface area contributed by atoms with Crippen molar-refractivity contribution in [2.24, 2.45) is 17.6 Å². The molecule has 5 aromatic rings. The van der Waals surface area contributed by atoms with Gasteiger partial charge in [0.15, 0.2) is 0 Å². The van der Waals surface area contributed by atoms with Crippen LogP contribution < -0.4 is 11.3 Å². The third-order valence-electron chi connectivity index (χ3n) is 7.92. The Morgan fingerprint density at radius 2 is 1.85 bits per heavy atom. The van der Waals surface area contributed by atoms with E-state index < -0.39 is 6.04 Å². The van der Waals surface area contributed by atoms with Gasteiger partial charge < -0.3 is 15.1 Å². The highest BCUT2D eigenvalue weighted by Crippen LogP contribution is 2.38. The topological polar surface area (TPSA) is 107 Å². The molecule has 4 heterocycles. The molecule has 1 fully saturated rings. The average molecular weight is 522 g/mol. The van der Waals surface area contributed by atoms with Crippen LogP contribution in [-0.2, 0) is 6.54 Å². The van der Waals surface area contributed by atoms with Crippen molar-refractivity contribution in [3.8, 4) is 0 Å². The third-order valence-corrected chi connectivity index (χ3v) is 7.92. The van der Waals surface area contributed by atoms with Gasteiger partial charge in [-0.1, -0.05) is 49.4 Å². The second-order valence-electron chi connectivity index (χ2n) is 10.5. The number of nitrogens with two attached hydrogens (primary N) is 1. The summed E-state index contributed by atoms with van der Waals surface area (Å²) in [6, 6.07) is 20.5. The van der Waals surface area contributed by atoms with Crippen molar-refractivity contribution < 1.29 is 9.21 Å². The highest BCUT2D eigenvalue weighted by molar-refractivity contribution is 6.02. The number of benzene rings is 2. The maximum atomic E-state index is 14.0. The summed E-state index contributed by atoms with van der Waals surface area (Å²) in [7, 11) is 0. The number of aryl methyl sites for hydroxylation is 1. The van der Waals surface area contributed by atoms with Gasteiger partial charge >= 0.3 is 0 Å². The standard InChI is InChI=1S/C31H31N5O3/c1-19-14-25(35(18-23(19)15-32)30(37)22-13-12-20(2)33-16-22)29-34-27-24-10-6-7-11-26(24)39-28(27)31(38)36(29)17-21-8-4-3-5-9-21/h3-13,16,19,23,25H,14-15,17-18,32H2,1-2H3. The molecule has 3 aromatic heterocycles. The molecule has 0 saturated carbocycles. The normalized spacial score (nSPS) is 19.6. The molecular formula is C31H31N5O3. The van der Waals surface area contributed by atoms with Gasteiger partial charge in [-0.15, -0.1) is 0 Å². The molecule has 39 heavy (non-hydrogen) atoms. The lowest BCUT2D eigenvalue weighted by Crippen LogP contribution is -2.49. The van der Waals surface area contributed by atoms with Gasteiger partial charge in [-0.3, -0.25) is 19.1 Å². The van der Waals surface area contributed by atoms with E-state index in [9.17, 15) is 9.59 Å². The van der Waals surface area contributed by atoms with Gasteiger partial charge in [0.1, 0.15) is 16.9 Å². The van der Waals surface area contributed by atoms with Crippen LogP contribution in [0.25, 0.3) is 22.1 Å². The fourth-order valence-corrected chi connectivity index (χ4v) is 5.63. The smallest absolute Gasteiger partial charge is 0.297 e. The Hall–Kier alpha value is -4.30. The molecule has 3 atom stereocenters. The number of hydrogen-bond acceptors (Lipinski definition) is 6. The van der Waals surface area contributed by atoms with E-state index in [1.807, 2.05) is 72.5 Å². The van der Waals surface area contributed by atoms with E-state index in [-0.39, 0.29) is 28.9 Å². The number of likely N-dealkylation sites (tertiary alicyclic amines) is 1. The van der Waals surface area contributed by atoms with Crippen molar-refractivity contribution in [1.82, 2.24) is 19.4 Å². The fourth-order valence-electron chi connectivity index (χ4n) is 5.63. The molecule has 8 nitrogen and oxygen atoms in total. The number of amides is 1. The van der Waals surface area contributed by atoms with Gasteiger partial charge in [0.05, 0.1) is 18.2 Å². The van der Waals surface area contributed by atoms with Crippen molar-refractivity contribution in [3.63, 3.8) is 0 Å². The summed E-state index contributed by atoms with van der Waals surface area (Å²) >= 11 is 0. The number of pyridine rings is 1. The maximum Gasteiger partial charge on any atom is 0.297 e. The largest absolute Gasteiger partial charge is 0.448 e. The van der Waals surface area contributed by atoms with E-state index in [2.05, 4.69) is 11.9 Å². The molecular weight excluding hydrogens is 490 g/mol. The third kappa shape index (κ3) is 4.51. The molecule has 198 valence electrons. The second kappa shape index (κ2) is 10.1. The van der Waals surface area contributed by atoms with Gasteiger partial charge in [-0.25, -0.2) is 4.98 Å². The molecule has 1 amide bonds. The van der Waals surface area contributed by atoms with Crippen molar-refractivity contribution in [3.05, 3.63) is 106 Å². The Morgan fingerprint density at radius 3 is 2.59 bits per heavy atom. The van der Waals surface area contributed by atoms with Gasteiger partial charge in [0, 0.05) is 23.8 Å². The van der Waals surface area contributed by atoms with Gasteiger partial charge in [0.25, 0.3) is 11.5 Å². The lowest BCUT2D eigenvalue weighted by Gasteiger charge is -2.43. The van der Waals surface area contributed by atoms with E-state index in [4.69, 9.17) is 15.1 Å². The predicted octanol–water partition coefficient (Wildman–Crippen LogP) is 4.69. The fraction of sp³-hybridized carbons (Fsp3) is 0.290. The van der Waals surface area contributed by atoms with Crippen molar-refractivity contribution in [2.45, 2.75) is 32.9 Å².